The Morgan fingerprint density at radius 3 is 1.77 bits per heavy atom. The van der Waals surface area contributed by atoms with Crippen LogP contribution in [0, 0.1) is 5.92 Å². The summed E-state index contributed by atoms with van der Waals surface area (Å²) < 4.78 is 5.75. The van der Waals surface area contributed by atoms with E-state index in [4.69, 9.17) is 14.9 Å². The van der Waals surface area contributed by atoms with Gasteiger partial charge in [-0.05, 0) is 17.7 Å². The summed E-state index contributed by atoms with van der Waals surface area (Å²) in [5.41, 5.74) is 0.855. The Morgan fingerprint density at radius 1 is 0.821 bits per heavy atom. The molecule has 0 saturated heterocycles. The van der Waals surface area contributed by atoms with Crippen molar-refractivity contribution in [3.05, 3.63) is 29.8 Å². The highest BCUT2D eigenvalue weighted by Crippen LogP contribution is 2.21. The summed E-state index contributed by atoms with van der Waals surface area (Å²) in [6, 6.07) is 7.04. The Hall–Kier alpha value is -1.40. The molecule has 10 N–H and O–H groups in total. The average Bonchev–Trinajstić information content (AvgIpc) is 2.93. The second-order valence-electron chi connectivity index (χ2n) is 9.61. The Labute approximate surface area is 231 Å². The predicted octanol–water partition coefficient (Wildman–Crippen LogP) is -3.34. The third-order valence-electron chi connectivity index (χ3n) is 5.97. The zero-order valence-electron chi connectivity index (χ0n) is 22.1. The molecule has 0 amide bonds. The fourth-order valence-corrected chi connectivity index (χ4v) is 4.29. The van der Waals surface area contributed by atoms with Crippen LogP contribution in [-0.2, 0) is 10.5 Å². The Morgan fingerprint density at radius 2 is 1.31 bits per heavy atom. The zero-order valence-corrected chi connectivity index (χ0v) is 22.9. The van der Waals surface area contributed by atoms with E-state index in [1.54, 1.807) is 18.2 Å². The van der Waals surface area contributed by atoms with Gasteiger partial charge in [-0.3, -0.25) is 9.69 Å². The summed E-state index contributed by atoms with van der Waals surface area (Å²) in [5, 5.41) is 98.0. The molecule has 0 aliphatic carbocycles. The maximum Gasteiger partial charge on any atom is 0.191 e. The highest BCUT2D eigenvalue weighted by atomic mass is 32.2. The van der Waals surface area contributed by atoms with E-state index >= 15 is 0 Å². The number of rotatable bonds is 19. The lowest BCUT2D eigenvalue weighted by Crippen LogP contribution is -2.53. The van der Waals surface area contributed by atoms with Gasteiger partial charge in [0.15, 0.2) is 5.12 Å². The van der Waals surface area contributed by atoms with Gasteiger partial charge in [0, 0.05) is 31.3 Å². The fourth-order valence-electron chi connectivity index (χ4n) is 3.47. The van der Waals surface area contributed by atoms with Crippen LogP contribution < -0.4 is 4.74 Å². The maximum absolute atomic E-state index is 11.9. The lowest BCUT2D eigenvalue weighted by atomic mass is 10.0. The molecule has 8 atom stereocenters. The molecule has 14 heteroatoms. The van der Waals surface area contributed by atoms with E-state index in [1.807, 2.05) is 19.9 Å². The second kappa shape index (κ2) is 18.1. The topological polar surface area (TPSA) is 232 Å². The molecular formula is C25H43NO12S. The molecule has 0 heterocycles. The summed E-state index contributed by atoms with van der Waals surface area (Å²) >= 11 is 1.19. The molecule has 13 nitrogen and oxygen atoms in total. The minimum Gasteiger partial charge on any atom is -0.492 e. The van der Waals surface area contributed by atoms with Gasteiger partial charge in [-0.2, -0.15) is 0 Å². The van der Waals surface area contributed by atoms with Crippen LogP contribution in [0.15, 0.2) is 24.3 Å². The molecule has 1 aromatic carbocycles. The van der Waals surface area contributed by atoms with Gasteiger partial charge in [0.1, 0.15) is 49.0 Å². The van der Waals surface area contributed by atoms with Crippen LogP contribution in [0.25, 0.3) is 0 Å². The van der Waals surface area contributed by atoms with Crippen molar-refractivity contribution in [2.24, 2.45) is 5.92 Å². The zero-order chi connectivity index (χ0) is 29.7. The first-order valence-corrected chi connectivity index (χ1v) is 13.6. The molecule has 0 fully saturated rings. The van der Waals surface area contributed by atoms with Gasteiger partial charge < -0.3 is 55.8 Å². The summed E-state index contributed by atoms with van der Waals surface area (Å²) in [6.45, 7) is 1.14. The van der Waals surface area contributed by atoms with Crippen molar-refractivity contribution >= 4 is 16.9 Å². The SMILES string of the molecule is CC(C)C(=O)SCc1cccc(OCCN(C[C@@H](O)[C@@H](O)[C@H](O)[C@H](O)CO)C[C@@H](O)[C@@H](O)[C@H](O)[C@H](O)CO)c1. The standard InChI is InChI=1S/C25H43NO12S/c1-14(2)25(37)39-13-15-4-3-5-16(8-15)38-7-6-26(9-17(29)21(33)23(35)19(31)11-27)10-18(30)22(34)24(36)20(32)12-28/h3-5,8,14,17-24,27-36H,6-7,9-13H2,1-2H3/t17-,18-,19-,20-,21-,22-,23-,24-/m1/s1. The first-order valence-electron chi connectivity index (χ1n) is 12.6. The van der Waals surface area contributed by atoms with Crippen LogP contribution >= 0.6 is 11.8 Å². The summed E-state index contributed by atoms with van der Waals surface area (Å²) in [4.78, 5) is 13.2. The molecule has 0 unspecified atom stereocenters. The van der Waals surface area contributed by atoms with E-state index in [9.17, 15) is 45.6 Å². The van der Waals surface area contributed by atoms with E-state index < -0.39 is 75.1 Å². The largest absolute Gasteiger partial charge is 0.492 e. The third kappa shape index (κ3) is 12.3. The van der Waals surface area contributed by atoms with Gasteiger partial charge >= 0.3 is 0 Å². The van der Waals surface area contributed by atoms with Crippen molar-refractivity contribution in [1.82, 2.24) is 4.90 Å². The quantitative estimate of drug-likeness (QED) is 0.0770. The van der Waals surface area contributed by atoms with Crippen LogP contribution in [0.4, 0.5) is 0 Å². The smallest absolute Gasteiger partial charge is 0.191 e. The number of nitrogens with zero attached hydrogens (tertiary/aromatic N) is 1. The van der Waals surface area contributed by atoms with Crippen molar-refractivity contribution in [3.8, 4) is 5.75 Å². The summed E-state index contributed by atoms with van der Waals surface area (Å²) in [5.74, 6) is 0.844. The highest BCUT2D eigenvalue weighted by Gasteiger charge is 2.34. The van der Waals surface area contributed by atoms with E-state index in [0.29, 0.717) is 11.5 Å². The molecule has 1 rings (SSSR count). The number of carbonyl (C=O) groups is 1. The maximum atomic E-state index is 11.9. The molecule has 0 bridgehead atoms. The lowest BCUT2D eigenvalue weighted by Gasteiger charge is -2.33. The average molecular weight is 582 g/mol. The summed E-state index contributed by atoms with van der Waals surface area (Å²) in [7, 11) is 0. The van der Waals surface area contributed by atoms with Crippen LogP contribution in [-0.4, -0.2) is 149 Å². The number of benzene rings is 1. The first kappa shape index (κ1) is 35.6. The van der Waals surface area contributed by atoms with Gasteiger partial charge in [0.2, 0.25) is 0 Å². The molecule has 39 heavy (non-hydrogen) atoms. The van der Waals surface area contributed by atoms with Crippen molar-refractivity contribution in [3.63, 3.8) is 0 Å². The molecule has 226 valence electrons. The Kier molecular flexibility index (Phi) is 16.5. The minimum absolute atomic E-state index is 0.00319. The Balaban J connectivity index is 2.88. The number of hydrogen-bond donors (Lipinski definition) is 10. The number of ether oxygens (including phenoxy) is 1. The monoisotopic (exact) mass is 581 g/mol. The van der Waals surface area contributed by atoms with Crippen molar-refractivity contribution < 1.29 is 60.6 Å². The van der Waals surface area contributed by atoms with Gasteiger partial charge in [-0.25, -0.2) is 0 Å². The van der Waals surface area contributed by atoms with Gasteiger partial charge in [-0.1, -0.05) is 37.7 Å². The van der Waals surface area contributed by atoms with Gasteiger partial charge in [-0.15, -0.1) is 0 Å². The van der Waals surface area contributed by atoms with Crippen molar-refractivity contribution in [2.75, 3.05) is 39.5 Å². The van der Waals surface area contributed by atoms with Crippen LogP contribution in [0.5, 0.6) is 5.75 Å². The highest BCUT2D eigenvalue weighted by molar-refractivity contribution is 8.13. The summed E-state index contributed by atoms with van der Waals surface area (Å²) in [6.07, 6.45) is -14.3. The predicted molar refractivity (Wildman–Crippen MR) is 142 cm³/mol. The molecule has 0 spiro atoms. The number of thioether (sulfide) groups is 1. The molecule has 0 radical (unpaired) electrons. The van der Waals surface area contributed by atoms with E-state index in [2.05, 4.69) is 0 Å². The van der Waals surface area contributed by atoms with Crippen LogP contribution in [0.3, 0.4) is 0 Å². The minimum atomic E-state index is -1.87. The van der Waals surface area contributed by atoms with Crippen molar-refractivity contribution in [2.45, 2.75) is 68.4 Å². The number of carbonyl (C=O) groups excluding carboxylic acids is 1. The molecule has 0 aliphatic rings. The Bertz CT molecular complexity index is 804. The fraction of sp³-hybridized carbons (Fsp3) is 0.720. The third-order valence-corrected chi connectivity index (χ3v) is 7.20. The lowest BCUT2D eigenvalue weighted by molar-refractivity contribution is -0.130. The first-order chi connectivity index (χ1) is 18.3. The van der Waals surface area contributed by atoms with E-state index in [0.717, 1.165) is 5.56 Å². The molecule has 0 saturated carbocycles. The molecule has 0 aromatic heterocycles. The van der Waals surface area contributed by atoms with Crippen molar-refractivity contribution in [1.29, 1.82) is 0 Å². The van der Waals surface area contributed by atoms with E-state index in [-0.39, 0.29) is 24.2 Å². The van der Waals surface area contributed by atoms with E-state index in [1.165, 1.54) is 16.7 Å². The normalized spacial score (nSPS) is 18.3. The number of aliphatic hydroxyl groups excluding tert-OH is 10. The van der Waals surface area contributed by atoms with Gasteiger partial charge in [0.05, 0.1) is 25.4 Å². The number of aliphatic hydroxyl groups is 10. The molecule has 1 aromatic rings. The number of hydrogen-bond acceptors (Lipinski definition) is 14. The second-order valence-corrected chi connectivity index (χ2v) is 10.6. The molecule has 0 aliphatic heterocycles. The molecular weight excluding hydrogens is 538 g/mol. The van der Waals surface area contributed by atoms with Gasteiger partial charge in [0.25, 0.3) is 0 Å². The van der Waals surface area contributed by atoms with Crippen LogP contribution in [0.2, 0.25) is 0 Å². The van der Waals surface area contributed by atoms with Crippen LogP contribution in [0.1, 0.15) is 19.4 Å².